The van der Waals surface area contributed by atoms with Crippen LogP contribution in [0.5, 0.6) is 0 Å². The predicted octanol–water partition coefficient (Wildman–Crippen LogP) is 1.47. The average molecular weight is 411 g/mol. The topological polar surface area (TPSA) is 138 Å². The van der Waals surface area contributed by atoms with Gasteiger partial charge in [-0.05, 0) is 24.3 Å². The normalized spacial score (nSPS) is 13.8. The molecule has 2 heterocycles. The molecule has 0 radical (unpaired) electrons. The Morgan fingerprint density at radius 3 is 2.34 bits per heavy atom. The maximum Gasteiger partial charge on any atom is 0.257 e. The molecular weight excluding hydrogens is 394 g/mol. The monoisotopic (exact) mass is 411 g/mol. The third-order valence-corrected chi connectivity index (χ3v) is 6.48. The second kappa shape index (κ2) is 7.15. The number of hydrogen-bond donors (Lipinski definition) is 3. The average Bonchev–Trinajstić information content (AvgIpc) is 3.31. The molecule has 4 rings (SSSR count). The molecule has 0 fully saturated rings. The van der Waals surface area contributed by atoms with Gasteiger partial charge in [0.2, 0.25) is 15.9 Å². The molecule has 0 spiro atoms. The Morgan fingerprint density at radius 1 is 1.00 bits per heavy atom. The summed E-state index contributed by atoms with van der Waals surface area (Å²) in [6.07, 6.45) is 0. The Hall–Kier alpha value is -3.50. The lowest BCUT2D eigenvalue weighted by molar-refractivity contribution is 0.0977. The fourth-order valence-electron chi connectivity index (χ4n) is 3.20. The summed E-state index contributed by atoms with van der Waals surface area (Å²) < 4.78 is 27.0. The van der Waals surface area contributed by atoms with Gasteiger partial charge in [-0.15, -0.1) is 0 Å². The summed E-state index contributed by atoms with van der Waals surface area (Å²) in [5.74, 6) is -1.06. The van der Waals surface area contributed by atoms with E-state index in [-0.39, 0.29) is 34.9 Å². The molecule has 0 aliphatic carbocycles. The number of anilines is 1. The number of amides is 2. The van der Waals surface area contributed by atoms with Crippen molar-refractivity contribution in [3.63, 3.8) is 0 Å². The highest BCUT2D eigenvalue weighted by Gasteiger charge is 2.34. The number of carbonyl (C=O) groups is 2. The first-order valence-electron chi connectivity index (χ1n) is 8.69. The van der Waals surface area contributed by atoms with Crippen molar-refractivity contribution in [2.24, 2.45) is 5.73 Å². The Morgan fingerprint density at radius 2 is 1.66 bits per heavy atom. The number of nitrogens with one attached hydrogen (secondary N) is 2. The van der Waals surface area contributed by atoms with Gasteiger partial charge >= 0.3 is 0 Å². The molecule has 0 unspecified atom stereocenters. The van der Waals surface area contributed by atoms with E-state index in [9.17, 15) is 18.0 Å². The molecule has 0 bridgehead atoms. The smallest absolute Gasteiger partial charge is 0.257 e. The quantitative estimate of drug-likeness (QED) is 0.583. The highest BCUT2D eigenvalue weighted by atomic mass is 32.2. The lowest BCUT2D eigenvalue weighted by atomic mass is 10.1. The van der Waals surface area contributed by atoms with Gasteiger partial charge in [-0.25, -0.2) is 8.42 Å². The zero-order chi connectivity index (χ0) is 20.6. The molecule has 1 aromatic heterocycles. The molecule has 2 amide bonds. The maximum absolute atomic E-state index is 12.8. The maximum atomic E-state index is 12.8. The molecule has 148 valence electrons. The van der Waals surface area contributed by atoms with Gasteiger partial charge in [0.05, 0.1) is 28.3 Å². The first-order valence-corrected chi connectivity index (χ1v) is 10.1. The van der Waals surface area contributed by atoms with E-state index >= 15 is 0 Å². The van der Waals surface area contributed by atoms with E-state index in [2.05, 4.69) is 15.5 Å². The van der Waals surface area contributed by atoms with Crippen LogP contribution in [0.3, 0.4) is 0 Å². The van der Waals surface area contributed by atoms with Crippen LogP contribution >= 0.6 is 0 Å². The molecule has 2 aromatic carbocycles. The van der Waals surface area contributed by atoms with Gasteiger partial charge in [-0.1, -0.05) is 30.3 Å². The summed E-state index contributed by atoms with van der Waals surface area (Å²) in [5.41, 5.74) is 6.70. The summed E-state index contributed by atoms with van der Waals surface area (Å²) >= 11 is 0. The Kier molecular flexibility index (Phi) is 4.65. The number of primary amides is 1. The Labute approximate surface area is 166 Å². The number of nitrogens with two attached hydrogens (primary N) is 1. The number of aromatic amines is 1. The third kappa shape index (κ3) is 3.39. The number of rotatable bonds is 5. The fourth-order valence-corrected chi connectivity index (χ4v) is 4.59. The van der Waals surface area contributed by atoms with Crippen LogP contribution < -0.4 is 11.1 Å². The molecule has 29 heavy (non-hydrogen) atoms. The summed E-state index contributed by atoms with van der Waals surface area (Å²) in [7, 11) is -3.68. The molecular formula is C19H17N5O4S. The fraction of sp³-hybridized carbons (Fsp3) is 0.105. The van der Waals surface area contributed by atoms with Crippen molar-refractivity contribution < 1.29 is 18.0 Å². The lowest BCUT2D eigenvalue weighted by Gasteiger charge is -2.16. The second-order valence-electron chi connectivity index (χ2n) is 6.48. The van der Waals surface area contributed by atoms with Crippen LogP contribution in [0, 0.1) is 0 Å². The highest BCUT2D eigenvalue weighted by Crippen LogP contribution is 2.31. The third-order valence-electron chi connectivity index (χ3n) is 4.67. The van der Waals surface area contributed by atoms with Crippen molar-refractivity contribution in [1.82, 2.24) is 14.5 Å². The molecule has 0 saturated carbocycles. The van der Waals surface area contributed by atoms with Crippen LogP contribution in [0.25, 0.3) is 0 Å². The molecule has 10 heteroatoms. The van der Waals surface area contributed by atoms with Crippen LogP contribution in [0.15, 0.2) is 59.5 Å². The van der Waals surface area contributed by atoms with Crippen LogP contribution in [0.1, 0.15) is 32.0 Å². The van der Waals surface area contributed by atoms with Gasteiger partial charge < -0.3 is 11.1 Å². The van der Waals surface area contributed by atoms with E-state index in [1.54, 1.807) is 30.3 Å². The van der Waals surface area contributed by atoms with E-state index in [4.69, 9.17) is 5.73 Å². The van der Waals surface area contributed by atoms with E-state index < -0.39 is 21.8 Å². The standard InChI is InChI=1S/C19H17N5O4S/c20-17(25)13-8-4-5-9-14(13)19(26)21-18-15-10-24(11-16(15)22-23-18)29(27,28)12-6-2-1-3-7-12/h1-9H,10-11H2,(H2,20,25)(H2,21,22,23,26). The minimum absolute atomic E-state index is 0.0656. The molecule has 9 nitrogen and oxygen atoms in total. The van der Waals surface area contributed by atoms with Crippen molar-refractivity contribution in [3.8, 4) is 0 Å². The molecule has 1 aliphatic rings. The lowest BCUT2D eigenvalue weighted by Crippen LogP contribution is -2.26. The first-order chi connectivity index (χ1) is 13.9. The molecule has 0 saturated heterocycles. The second-order valence-corrected chi connectivity index (χ2v) is 8.42. The van der Waals surface area contributed by atoms with Gasteiger partial charge in [0.25, 0.3) is 5.91 Å². The van der Waals surface area contributed by atoms with Crippen molar-refractivity contribution in [3.05, 3.63) is 77.0 Å². The number of hydrogen-bond acceptors (Lipinski definition) is 5. The van der Waals surface area contributed by atoms with Gasteiger partial charge in [0, 0.05) is 12.1 Å². The number of carbonyl (C=O) groups excluding carboxylic acids is 2. The van der Waals surface area contributed by atoms with Crippen LogP contribution in [-0.4, -0.2) is 34.7 Å². The van der Waals surface area contributed by atoms with Crippen molar-refractivity contribution in [2.75, 3.05) is 5.32 Å². The summed E-state index contributed by atoms with van der Waals surface area (Å²) in [6.45, 7) is 0.184. The zero-order valence-corrected chi connectivity index (χ0v) is 15.9. The Balaban J connectivity index is 1.57. The molecule has 4 N–H and O–H groups in total. The summed E-state index contributed by atoms with van der Waals surface area (Å²) in [6, 6.07) is 14.3. The highest BCUT2D eigenvalue weighted by molar-refractivity contribution is 7.89. The van der Waals surface area contributed by atoms with Crippen LogP contribution in [0.4, 0.5) is 5.82 Å². The van der Waals surface area contributed by atoms with E-state index in [0.29, 0.717) is 11.3 Å². The molecule has 1 aliphatic heterocycles. The largest absolute Gasteiger partial charge is 0.366 e. The zero-order valence-electron chi connectivity index (χ0n) is 15.1. The van der Waals surface area contributed by atoms with Gasteiger partial charge in [0.1, 0.15) is 0 Å². The van der Waals surface area contributed by atoms with E-state index in [1.165, 1.54) is 28.6 Å². The SMILES string of the molecule is NC(=O)c1ccccc1C(=O)Nc1n[nH]c2c1CN(S(=O)(=O)c1ccccc1)C2. The van der Waals surface area contributed by atoms with E-state index in [1.807, 2.05) is 0 Å². The number of benzene rings is 2. The number of H-pyrrole nitrogens is 1. The summed E-state index contributed by atoms with van der Waals surface area (Å²) in [4.78, 5) is 24.4. The van der Waals surface area contributed by atoms with Gasteiger partial charge in [-0.3, -0.25) is 14.7 Å². The van der Waals surface area contributed by atoms with Crippen molar-refractivity contribution >= 4 is 27.7 Å². The van der Waals surface area contributed by atoms with Crippen molar-refractivity contribution in [1.29, 1.82) is 0 Å². The van der Waals surface area contributed by atoms with Gasteiger partial charge in [0.15, 0.2) is 5.82 Å². The van der Waals surface area contributed by atoms with E-state index in [0.717, 1.165) is 0 Å². The van der Waals surface area contributed by atoms with Crippen molar-refractivity contribution in [2.45, 2.75) is 18.0 Å². The minimum Gasteiger partial charge on any atom is -0.366 e. The number of sulfonamides is 1. The van der Waals surface area contributed by atoms with Crippen LogP contribution in [0.2, 0.25) is 0 Å². The molecule has 0 atom stereocenters. The first kappa shape index (κ1) is 18.8. The minimum atomic E-state index is -3.68. The Bertz CT molecular complexity index is 1200. The predicted molar refractivity (Wildman–Crippen MR) is 104 cm³/mol. The van der Waals surface area contributed by atoms with Crippen LogP contribution in [-0.2, 0) is 23.1 Å². The number of aromatic nitrogens is 2. The number of fused-ring (bicyclic) bond motifs is 1. The summed E-state index contributed by atoms with van der Waals surface area (Å²) in [5, 5.41) is 9.48. The van der Waals surface area contributed by atoms with Gasteiger partial charge in [-0.2, -0.15) is 9.40 Å². The number of nitrogens with zero attached hydrogens (tertiary/aromatic N) is 2. The molecule has 3 aromatic rings.